The number of hydrogen-bond donors (Lipinski definition) is 2. The van der Waals surface area contributed by atoms with Crippen LogP contribution in [0.2, 0.25) is 0 Å². The molecule has 1 aromatic heterocycles. The van der Waals surface area contributed by atoms with E-state index in [1.807, 2.05) is 6.07 Å². The van der Waals surface area contributed by atoms with Gasteiger partial charge in [0.05, 0.1) is 26.0 Å². The molecule has 0 spiro atoms. The third-order valence-corrected chi connectivity index (χ3v) is 5.22. The number of ether oxygens (including phenoxy) is 2. The Morgan fingerprint density at radius 3 is 2.66 bits per heavy atom. The van der Waals surface area contributed by atoms with E-state index < -0.39 is 11.6 Å². The number of methoxy groups -OCH3 is 2. The van der Waals surface area contributed by atoms with Crippen molar-refractivity contribution in [2.24, 2.45) is 12.1 Å². The Balaban J connectivity index is 2.09. The number of aromatic amines is 1. The number of hydrazone groups is 1. The van der Waals surface area contributed by atoms with Crippen LogP contribution in [-0.4, -0.2) is 45.5 Å². The largest absolute Gasteiger partial charge is 0.494 e. The molecule has 154 valence electrons. The minimum absolute atomic E-state index is 0.00187. The summed E-state index contributed by atoms with van der Waals surface area (Å²) in [4.78, 5) is 27.5. The summed E-state index contributed by atoms with van der Waals surface area (Å²) in [7, 11) is 4.60. The number of carbonyl (C=O) groups excluding carboxylic acids is 1. The molecule has 0 bridgehead atoms. The molecule has 9 nitrogen and oxygen atoms in total. The molecule has 10 heteroatoms. The maximum atomic E-state index is 12.5. The van der Waals surface area contributed by atoms with E-state index >= 15 is 0 Å². The van der Waals surface area contributed by atoms with Crippen molar-refractivity contribution < 1.29 is 19.4 Å². The van der Waals surface area contributed by atoms with Crippen molar-refractivity contribution in [2.75, 3.05) is 14.2 Å². The van der Waals surface area contributed by atoms with Crippen molar-refractivity contribution >= 4 is 23.8 Å². The average molecular weight is 418 g/mol. The van der Waals surface area contributed by atoms with Gasteiger partial charge in [0.25, 0.3) is 5.56 Å². The molecule has 1 atom stereocenters. The molecule has 3 rings (SSSR count). The van der Waals surface area contributed by atoms with Gasteiger partial charge in [-0.2, -0.15) is 5.10 Å². The smallest absolute Gasteiger partial charge is 0.264 e. The highest BCUT2D eigenvalue weighted by molar-refractivity contribution is 7.71. The first-order valence-electron chi connectivity index (χ1n) is 8.96. The van der Waals surface area contributed by atoms with Gasteiger partial charge in [-0.15, -0.1) is 0 Å². The lowest BCUT2D eigenvalue weighted by Crippen LogP contribution is -2.26. The molecule has 1 aliphatic heterocycles. The van der Waals surface area contributed by atoms with Crippen LogP contribution < -0.4 is 15.0 Å². The van der Waals surface area contributed by atoms with E-state index in [0.29, 0.717) is 17.2 Å². The summed E-state index contributed by atoms with van der Waals surface area (Å²) in [6.45, 7) is 1.73. The monoisotopic (exact) mass is 418 g/mol. The molecule has 0 unspecified atom stereocenters. The summed E-state index contributed by atoms with van der Waals surface area (Å²) in [6.07, 6.45) is 0.483. The lowest BCUT2D eigenvalue weighted by atomic mass is 9.98. The van der Waals surface area contributed by atoms with E-state index in [4.69, 9.17) is 21.7 Å². The van der Waals surface area contributed by atoms with Crippen molar-refractivity contribution in [1.29, 1.82) is 0 Å². The zero-order valence-electron chi connectivity index (χ0n) is 16.6. The molecule has 1 aliphatic rings. The first kappa shape index (κ1) is 20.6. The van der Waals surface area contributed by atoms with E-state index in [2.05, 4.69) is 10.1 Å². The second kappa shape index (κ2) is 8.08. The molecular formula is C19H22N4O5S. The van der Waals surface area contributed by atoms with Crippen LogP contribution in [0.5, 0.6) is 17.4 Å². The topological polar surface area (TPSA) is 109 Å². The summed E-state index contributed by atoms with van der Waals surface area (Å²) in [5, 5.41) is 16.2. The molecule has 0 fully saturated rings. The van der Waals surface area contributed by atoms with E-state index in [-0.39, 0.29) is 35.0 Å². The minimum Gasteiger partial charge on any atom is -0.494 e. The number of benzene rings is 1. The molecule has 2 aromatic rings. The molecule has 0 saturated heterocycles. The second-order valence-electron chi connectivity index (χ2n) is 6.49. The average Bonchev–Trinajstić information content (AvgIpc) is 3.15. The number of nitrogens with one attached hydrogen (secondary N) is 1. The van der Waals surface area contributed by atoms with Crippen molar-refractivity contribution in [3.8, 4) is 17.4 Å². The number of carbonyl (C=O) groups is 1. The van der Waals surface area contributed by atoms with Gasteiger partial charge < -0.3 is 14.6 Å². The van der Waals surface area contributed by atoms with E-state index in [0.717, 1.165) is 5.56 Å². The Hall–Kier alpha value is -3.14. The lowest BCUT2D eigenvalue weighted by molar-refractivity contribution is -0.132. The van der Waals surface area contributed by atoms with Gasteiger partial charge in [-0.05, 0) is 29.9 Å². The Kier molecular flexibility index (Phi) is 5.73. The zero-order valence-corrected chi connectivity index (χ0v) is 17.4. The van der Waals surface area contributed by atoms with Crippen LogP contribution >= 0.6 is 12.2 Å². The lowest BCUT2D eigenvalue weighted by Gasteiger charge is -2.22. The van der Waals surface area contributed by atoms with Gasteiger partial charge >= 0.3 is 0 Å². The van der Waals surface area contributed by atoms with Crippen LogP contribution in [0.4, 0.5) is 0 Å². The Labute approximate surface area is 172 Å². The zero-order chi connectivity index (χ0) is 21.3. The molecule has 1 aromatic carbocycles. The summed E-state index contributed by atoms with van der Waals surface area (Å²) in [5.41, 5.74) is 0.513. The fraction of sp³-hybridized carbons (Fsp3) is 0.368. The first-order valence-corrected chi connectivity index (χ1v) is 9.37. The van der Waals surface area contributed by atoms with E-state index in [1.54, 1.807) is 26.2 Å². The molecule has 0 aliphatic carbocycles. The fourth-order valence-electron chi connectivity index (χ4n) is 3.24. The van der Waals surface area contributed by atoms with Gasteiger partial charge in [0, 0.05) is 19.9 Å². The number of nitrogens with zero attached hydrogens (tertiary/aromatic N) is 3. The fourth-order valence-corrected chi connectivity index (χ4v) is 3.42. The Morgan fingerprint density at radius 2 is 2.03 bits per heavy atom. The van der Waals surface area contributed by atoms with Crippen LogP contribution in [0.1, 0.15) is 36.9 Å². The van der Waals surface area contributed by atoms with E-state index in [9.17, 15) is 14.7 Å². The van der Waals surface area contributed by atoms with Crippen molar-refractivity contribution in [3.05, 3.63) is 44.5 Å². The van der Waals surface area contributed by atoms with Crippen LogP contribution in [0, 0.1) is 4.77 Å². The van der Waals surface area contributed by atoms with Gasteiger partial charge in [0.15, 0.2) is 16.3 Å². The highest BCUT2D eigenvalue weighted by atomic mass is 32.1. The molecular weight excluding hydrogens is 396 g/mol. The van der Waals surface area contributed by atoms with Gasteiger partial charge in [-0.3, -0.25) is 19.1 Å². The van der Waals surface area contributed by atoms with Gasteiger partial charge in [-0.25, -0.2) is 5.01 Å². The van der Waals surface area contributed by atoms with Crippen molar-refractivity contribution in [2.45, 2.75) is 25.8 Å². The van der Waals surface area contributed by atoms with Gasteiger partial charge in [0.2, 0.25) is 11.8 Å². The molecule has 1 amide bonds. The highest BCUT2D eigenvalue weighted by Crippen LogP contribution is 2.38. The SMILES string of the molecule is CCC(=O)N1N=C(c2c(O)n(C)c(=S)[nH]c2=O)C[C@H]1c1ccc(OC)c(OC)c1. The van der Waals surface area contributed by atoms with E-state index in [1.165, 1.54) is 23.7 Å². The number of H-pyrrole nitrogens is 1. The Bertz CT molecular complexity index is 1100. The summed E-state index contributed by atoms with van der Waals surface area (Å²) < 4.78 is 12.0. The van der Waals surface area contributed by atoms with Crippen LogP contribution in [0.3, 0.4) is 0 Å². The number of aromatic hydroxyl groups is 1. The standard InChI is InChI=1S/C19H22N4O5S/c1-5-15(24)23-12(10-6-7-13(27-3)14(8-10)28-4)9-11(21-23)16-17(25)20-19(29)22(2)18(16)26/h6-8,12,26H,5,9H2,1-4H3,(H,20,25,29)/t12-/m0/s1. The number of aromatic nitrogens is 2. The summed E-state index contributed by atoms with van der Waals surface area (Å²) in [5.74, 6) is 0.574. The first-order chi connectivity index (χ1) is 13.8. The second-order valence-corrected chi connectivity index (χ2v) is 6.88. The number of amides is 1. The molecule has 2 heterocycles. The summed E-state index contributed by atoms with van der Waals surface area (Å²) >= 11 is 5.01. The Morgan fingerprint density at radius 1 is 1.34 bits per heavy atom. The maximum Gasteiger partial charge on any atom is 0.264 e. The molecule has 2 N–H and O–H groups in total. The molecule has 0 radical (unpaired) electrons. The van der Waals surface area contributed by atoms with Gasteiger partial charge in [-0.1, -0.05) is 13.0 Å². The predicted octanol–water partition coefficient (Wildman–Crippen LogP) is 2.25. The van der Waals surface area contributed by atoms with Crippen LogP contribution in [0.15, 0.2) is 28.1 Å². The third-order valence-electron chi connectivity index (χ3n) is 4.84. The molecule has 0 saturated carbocycles. The third kappa shape index (κ3) is 3.63. The quantitative estimate of drug-likeness (QED) is 0.721. The molecule has 29 heavy (non-hydrogen) atoms. The number of hydrogen-bond acceptors (Lipinski definition) is 7. The predicted molar refractivity (Wildman–Crippen MR) is 109 cm³/mol. The van der Waals surface area contributed by atoms with Crippen LogP contribution in [0.25, 0.3) is 0 Å². The van der Waals surface area contributed by atoms with Crippen molar-refractivity contribution in [1.82, 2.24) is 14.6 Å². The highest BCUT2D eigenvalue weighted by Gasteiger charge is 2.35. The summed E-state index contributed by atoms with van der Waals surface area (Å²) in [6, 6.07) is 4.88. The van der Waals surface area contributed by atoms with Gasteiger partial charge in [0.1, 0.15) is 5.56 Å². The number of rotatable bonds is 5. The maximum absolute atomic E-state index is 12.5. The minimum atomic E-state index is -0.554. The normalized spacial score (nSPS) is 15.9. The van der Waals surface area contributed by atoms with Crippen molar-refractivity contribution in [3.63, 3.8) is 0 Å². The van der Waals surface area contributed by atoms with Crippen LogP contribution in [-0.2, 0) is 11.8 Å².